The van der Waals surface area contributed by atoms with Crippen molar-refractivity contribution in [2.24, 2.45) is 10.7 Å². The van der Waals surface area contributed by atoms with Crippen LogP contribution in [0, 0.1) is 0 Å². The first-order chi connectivity index (χ1) is 10.3. The highest BCUT2D eigenvalue weighted by Crippen LogP contribution is 2.08. The third-order valence-corrected chi connectivity index (χ3v) is 3.48. The van der Waals surface area contributed by atoms with Crippen LogP contribution in [0.15, 0.2) is 29.4 Å². The molecule has 0 aromatic carbocycles. The highest BCUT2D eigenvalue weighted by atomic mass is 16.2. The fourth-order valence-electron chi connectivity index (χ4n) is 2.32. The Bertz CT molecular complexity index is 468. The number of likely N-dealkylation sites (tertiary alicyclic amines) is 1. The van der Waals surface area contributed by atoms with E-state index in [0.717, 1.165) is 38.0 Å². The predicted octanol–water partition coefficient (Wildman–Crippen LogP) is 0.541. The van der Waals surface area contributed by atoms with Crippen LogP contribution in [0.2, 0.25) is 0 Å². The molecule has 3 N–H and O–H groups in total. The van der Waals surface area contributed by atoms with Gasteiger partial charge in [-0.25, -0.2) is 0 Å². The second kappa shape index (κ2) is 8.24. The Labute approximate surface area is 125 Å². The first-order valence-electron chi connectivity index (χ1n) is 7.47. The molecule has 0 atom stereocenters. The summed E-state index contributed by atoms with van der Waals surface area (Å²) in [6.45, 7) is 2.91. The molecule has 1 saturated heterocycles. The monoisotopic (exact) mass is 289 g/mol. The van der Waals surface area contributed by atoms with Crippen LogP contribution in [0.5, 0.6) is 0 Å². The molecule has 1 aliphatic rings. The fourth-order valence-corrected chi connectivity index (χ4v) is 2.32. The number of rotatable bonds is 6. The fraction of sp³-hybridized carbons (Fsp3) is 0.533. The van der Waals surface area contributed by atoms with Gasteiger partial charge in [0.05, 0.1) is 6.54 Å². The van der Waals surface area contributed by atoms with Crippen LogP contribution in [-0.2, 0) is 11.2 Å². The van der Waals surface area contributed by atoms with E-state index in [2.05, 4.69) is 15.3 Å². The molecule has 1 fully saturated rings. The van der Waals surface area contributed by atoms with Gasteiger partial charge in [-0.15, -0.1) is 0 Å². The van der Waals surface area contributed by atoms with Crippen molar-refractivity contribution < 1.29 is 4.79 Å². The standard InChI is InChI=1S/C15H23N5O/c16-15(18-9-6-13-5-1-2-8-17-13)19-10-7-14(21)20-11-3-4-12-20/h1-2,5,8H,3-4,6-7,9-12H2,(H3,16,18,19). The summed E-state index contributed by atoms with van der Waals surface area (Å²) >= 11 is 0. The summed E-state index contributed by atoms with van der Waals surface area (Å²) < 4.78 is 0. The molecule has 1 amide bonds. The summed E-state index contributed by atoms with van der Waals surface area (Å²) in [5.74, 6) is 0.567. The Morgan fingerprint density at radius 2 is 2.19 bits per heavy atom. The highest BCUT2D eigenvalue weighted by Gasteiger charge is 2.16. The number of pyridine rings is 1. The third-order valence-electron chi connectivity index (χ3n) is 3.48. The topological polar surface area (TPSA) is 83.6 Å². The minimum absolute atomic E-state index is 0.178. The Morgan fingerprint density at radius 3 is 2.90 bits per heavy atom. The van der Waals surface area contributed by atoms with E-state index in [1.165, 1.54) is 0 Å². The van der Waals surface area contributed by atoms with E-state index in [4.69, 9.17) is 5.73 Å². The molecule has 6 nitrogen and oxygen atoms in total. The number of carbonyl (C=O) groups excluding carboxylic acids is 1. The lowest BCUT2D eigenvalue weighted by Gasteiger charge is -2.14. The van der Waals surface area contributed by atoms with E-state index < -0.39 is 0 Å². The largest absolute Gasteiger partial charge is 0.370 e. The number of aromatic nitrogens is 1. The van der Waals surface area contributed by atoms with Gasteiger partial charge in [0, 0.05) is 44.4 Å². The molecule has 0 spiro atoms. The Kier molecular flexibility index (Phi) is 5.99. The second-order valence-electron chi connectivity index (χ2n) is 5.10. The minimum atomic E-state index is 0.178. The lowest BCUT2D eigenvalue weighted by atomic mass is 10.3. The summed E-state index contributed by atoms with van der Waals surface area (Å²) in [4.78, 5) is 22.1. The maximum Gasteiger partial charge on any atom is 0.224 e. The van der Waals surface area contributed by atoms with Crippen molar-refractivity contribution in [1.29, 1.82) is 0 Å². The van der Waals surface area contributed by atoms with Crippen molar-refractivity contribution >= 4 is 11.9 Å². The van der Waals surface area contributed by atoms with Crippen molar-refractivity contribution in [1.82, 2.24) is 15.2 Å². The molecule has 1 aromatic heterocycles. The molecular weight excluding hydrogens is 266 g/mol. The number of hydrogen-bond donors (Lipinski definition) is 2. The average molecular weight is 289 g/mol. The van der Waals surface area contributed by atoms with Crippen molar-refractivity contribution in [3.8, 4) is 0 Å². The molecule has 1 aromatic rings. The molecule has 0 bridgehead atoms. The summed E-state index contributed by atoms with van der Waals surface area (Å²) in [6.07, 6.45) is 5.24. The van der Waals surface area contributed by atoms with E-state index in [1.54, 1.807) is 6.20 Å². The van der Waals surface area contributed by atoms with Gasteiger partial charge in [0.15, 0.2) is 5.96 Å². The van der Waals surface area contributed by atoms with E-state index in [-0.39, 0.29) is 5.91 Å². The van der Waals surface area contributed by atoms with E-state index in [0.29, 0.717) is 25.5 Å². The molecule has 2 heterocycles. The number of carbonyl (C=O) groups is 1. The number of nitrogens with two attached hydrogens (primary N) is 1. The van der Waals surface area contributed by atoms with Gasteiger partial charge in [-0.1, -0.05) is 6.07 Å². The van der Waals surface area contributed by atoms with Gasteiger partial charge in [-0.2, -0.15) is 0 Å². The molecule has 0 radical (unpaired) electrons. The molecule has 0 unspecified atom stereocenters. The van der Waals surface area contributed by atoms with Crippen LogP contribution in [0.3, 0.4) is 0 Å². The molecule has 114 valence electrons. The maximum atomic E-state index is 11.8. The SMILES string of the molecule is NC(=NCCC(=O)N1CCCC1)NCCc1ccccn1. The maximum absolute atomic E-state index is 11.8. The smallest absolute Gasteiger partial charge is 0.224 e. The van der Waals surface area contributed by atoms with Crippen LogP contribution in [-0.4, -0.2) is 47.9 Å². The van der Waals surface area contributed by atoms with Crippen LogP contribution in [0.25, 0.3) is 0 Å². The normalized spacial score (nSPS) is 15.2. The van der Waals surface area contributed by atoms with Crippen molar-refractivity contribution in [3.63, 3.8) is 0 Å². The van der Waals surface area contributed by atoms with Crippen LogP contribution < -0.4 is 11.1 Å². The zero-order valence-electron chi connectivity index (χ0n) is 12.3. The second-order valence-corrected chi connectivity index (χ2v) is 5.10. The Hall–Kier alpha value is -2.11. The molecule has 6 heteroatoms. The number of amides is 1. The predicted molar refractivity (Wildman–Crippen MR) is 82.9 cm³/mol. The zero-order chi connectivity index (χ0) is 14.9. The van der Waals surface area contributed by atoms with Gasteiger partial charge in [-0.3, -0.25) is 14.8 Å². The zero-order valence-corrected chi connectivity index (χ0v) is 12.3. The summed E-state index contributed by atoms with van der Waals surface area (Å²) in [7, 11) is 0. The average Bonchev–Trinajstić information content (AvgIpc) is 3.02. The number of hydrogen-bond acceptors (Lipinski definition) is 3. The first kappa shape index (κ1) is 15.3. The van der Waals surface area contributed by atoms with Crippen LogP contribution >= 0.6 is 0 Å². The molecule has 1 aliphatic heterocycles. The van der Waals surface area contributed by atoms with Gasteiger partial charge >= 0.3 is 0 Å². The van der Waals surface area contributed by atoms with Gasteiger partial charge in [0.1, 0.15) is 0 Å². The highest BCUT2D eigenvalue weighted by molar-refractivity contribution is 5.79. The van der Waals surface area contributed by atoms with E-state index in [9.17, 15) is 4.79 Å². The number of aliphatic imine (C=N–C) groups is 1. The molecule has 0 aliphatic carbocycles. The number of nitrogens with one attached hydrogen (secondary N) is 1. The van der Waals surface area contributed by atoms with Gasteiger partial charge in [0.2, 0.25) is 5.91 Å². The Balaban J connectivity index is 1.61. The third kappa shape index (κ3) is 5.41. The Morgan fingerprint density at radius 1 is 1.38 bits per heavy atom. The quantitative estimate of drug-likeness (QED) is 0.591. The van der Waals surface area contributed by atoms with Gasteiger partial charge in [-0.05, 0) is 25.0 Å². The van der Waals surface area contributed by atoms with Crippen LogP contribution in [0.4, 0.5) is 0 Å². The van der Waals surface area contributed by atoms with E-state index in [1.807, 2.05) is 23.1 Å². The molecule has 2 rings (SSSR count). The van der Waals surface area contributed by atoms with Crippen molar-refractivity contribution in [2.45, 2.75) is 25.7 Å². The lowest BCUT2D eigenvalue weighted by molar-refractivity contribution is -0.129. The first-order valence-corrected chi connectivity index (χ1v) is 7.47. The molecular formula is C15H23N5O. The summed E-state index contributed by atoms with van der Waals surface area (Å²) in [5, 5.41) is 3.04. The molecule has 0 saturated carbocycles. The minimum Gasteiger partial charge on any atom is -0.370 e. The van der Waals surface area contributed by atoms with Gasteiger partial charge < -0.3 is 16.0 Å². The number of guanidine groups is 1. The van der Waals surface area contributed by atoms with Gasteiger partial charge in [0.25, 0.3) is 0 Å². The van der Waals surface area contributed by atoms with E-state index >= 15 is 0 Å². The van der Waals surface area contributed by atoms with Crippen molar-refractivity contribution in [3.05, 3.63) is 30.1 Å². The summed E-state index contributed by atoms with van der Waals surface area (Å²) in [5.41, 5.74) is 6.79. The summed E-state index contributed by atoms with van der Waals surface area (Å²) in [6, 6.07) is 5.83. The van der Waals surface area contributed by atoms with Crippen molar-refractivity contribution in [2.75, 3.05) is 26.2 Å². The number of nitrogens with zero attached hydrogens (tertiary/aromatic N) is 3. The molecule has 21 heavy (non-hydrogen) atoms. The van der Waals surface area contributed by atoms with Crippen LogP contribution in [0.1, 0.15) is 25.0 Å². The lowest BCUT2D eigenvalue weighted by Crippen LogP contribution is -2.34.